The smallest absolute Gasteiger partial charge is 0.253 e. The van der Waals surface area contributed by atoms with Gasteiger partial charge in [-0.25, -0.2) is 0 Å². The van der Waals surface area contributed by atoms with Crippen LogP contribution >= 0.6 is 11.8 Å². The quantitative estimate of drug-likeness (QED) is 0.908. The van der Waals surface area contributed by atoms with Gasteiger partial charge in [0, 0.05) is 11.9 Å². The van der Waals surface area contributed by atoms with Crippen LogP contribution < -0.4 is 5.32 Å². The number of carbonyl (C=O) groups excluding carboxylic acids is 1. The molecule has 0 spiro atoms. The molecule has 2 aromatic rings. The van der Waals surface area contributed by atoms with E-state index < -0.39 is 5.60 Å². The van der Waals surface area contributed by atoms with Gasteiger partial charge in [-0.3, -0.25) is 9.78 Å². The third-order valence-electron chi connectivity index (χ3n) is 4.41. The SMILES string of the molecule is Cc1ccc2nc(C)c(C(=O)NCC3(O)CCSCC3)cc2c1. The average Bonchev–Trinajstić information content (AvgIpc) is 2.53. The predicted molar refractivity (Wildman–Crippen MR) is 95.1 cm³/mol. The Morgan fingerprint density at radius 1 is 1.30 bits per heavy atom. The number of nitrogens with one attached hydrogen (secondary N) is 1. The van der Waals surface area contributed by atoms with Gasteiger partial charge in [-0.1, -0.05) is 11.6 Å². The van der Waals surface area contributed by atoms with E-state index in [9.17, 15) is 9.90 Å². The van der Waals surface area contributed by atoms with Crippen LogP contribution in [0.2, 0.25) is 0 Å². The van der Waals surface area contributed by atoms with Gasteiger partial charge in [-0.05, 0) is 56.4 Å². The number of pyridine rings is 1. The molecule has 1 saturated heterocycles. The first-order valence-corrected chi connectivity index (χ1v) is 9.09. The fourth-order valence-corrected chi connectivity index (χ4v) is 4.14. The molecule has 1 fully saturated rings. The maximum absolute atomic E-state index is 12.5. The molecule has 1 aliphatic heterocycles. The summed E-state index contributed by atoms with van der Waals surface area (Å²) in [6.45, 7) is 4.17. The van der Waals surface area contributed by atoms with Crippen LogP contribution in [0.5, 0.6) is 0 Å². The largest absolute Gasteiger partial charge is 0.388 e. The van der Waals surface area contributed by atoms with Gasteiger partial charge >= 0.3 is 0 Å². The molecule has 0 radical (unpaired) electrons. The first-order valence-electron chi connectivity index (χ1n) is 7.93. The molecule has 0 saturated carbocycles. The molecule has 4 nitrogen and oxygen atoms in total. The fraction of sp³-hybridized carbons (Fsp3) is 0.444. The fourth-order valence-electron chi connectivity index (χ4n) is 2.89. The molecule has 3 rings (SSSR count). The van der Waals surface area contributed by atoms with Crippen molar-refractivity contribution >= 4 is 28.6 Å². The Kier molecular flexibility index (Phi) is 4.60. The lowest BCUT2D eigenvalue weighted by molar-refractivity contribution is 0.0311. The van der Waals surface area contributed by atoms with E-state index in [1.165, 1.54) is 0 Å². The number of hydrogen-bond acceptors (Lipinski definition) is 4. The maximum Gasteiger partial charge on any atom is 0.253 e. The number of aromatic nitrogens is 1. The van der Waals surface area contributed by atoms with E-state index in [2.05, 4.69) is 10.3 Å². The van der Waals surface area contributed by atoms with Crippen LogP contribution in [-0.2, 0) is 0 Å². The van der Waals surface area contributed by atoms with E-state index in [4.69, 9.17) is 0 Å². The summed E-state index contributed by atoms with van der Waals surface area (Å²) in [4.78, 5) is 17.0. The molecule has 1 aromatic carbocycles. The highest BCUT2D eigenvalue weighted by Crippen LogP contribution is 2.26. The Morgan fingerprint density at radius 2 is 2.04 bits per heavy atom. The molecule has 5 heteroatoms. The summed E-state index contributed by atoms with van der Waals surface area (Å²) >= 11 is 1.85. The van der Waals surface area contributed by atoms with E-state index in [-0.39, 0.29) is 5.91 Å². The number of carbonyl (C=O) groups is 1. The van der Waals surface area contributed by atoms with Crippen LogP contribution in [0.15, 0.2) is 24.3 Å². The maximum atomic E-state index is 12.5. The Bertz CT molecular complexity index is 739. The highest BCUT2D eigenvalue weighted by molar-refractivity contribution is 7.99. The molecular weight excluding hydrogens is 308 g/mol. The van der Waals surface area contributed by atoms with E-state index in [1.807, 2.05) is 49.9 Å². The summed E-state index contributed by atoms with van der Waals surface area (Å²) in [6, 6.07) is 7.91. The Balaban J connectivity index is 1.78. The molecule has 2 heterocycles. The predicted octanol–water partition coefficient (Wildman–Crippen LogP) is 2.84. The topological polar surface area (TPSA) is 62.2 Å². The third kappa shape index (κ3) is 3.67. The summed E-state index contributed by atoms with van der Waals surface area (Å²) in [7, 11) is 0. The lowest BCUT2D eigenvalue weighted by Gasteiger charge is -2.31. The van der Waals surface area contributed by atoms with Crippen molar-refractivity contribution in [3.05, 3.63) is 41.1 Å². The van der Waals surface area contributed by atoms with Crippen molar-refractivity contribution < 1.29 is 9.90 Å². The van der Waals surface area contributed by atoms with Crippen molar-refractivity contribution in [2.45, 2.75) is 32.3 Å². The number of nitrogens with zero attached hydrogens (tertiary/aromatic N) is 1. The van der Waals surface area contributed by atoms with E-state index in [0.29, 0.717) is 17.8 Å². The standard InChI is InChI=1S/C18H22N2O2S/c1-12-3-4-16-14(9-12)10-15(13(2)20-16)17(21)19-11-18(22)5-7-23-8-6-18/h3-4,9-10,22H,5-8,11H2,1-2H3,(H,19,21). The van der Waals surface area contributed by atoms with E-state index in [1.54, 1.807) is 0 Å². The molecule has 0 bridgehead atoms. The van der Waals surface area contributed by atoms with Gasteiger partial charge in [0.2, 0.25) is 0 Å². The average molecular weight is 330 g/mol. The number of fused-ring (bicyclic) bond motifs is 1. The molecule has 0 atom stereocenters. The summed E-state index contributed by atoms with van der Waals surface area (Å²) < 4.78 is 0. The molecular formula is C18H22N2O2S. The molecule has 0 aliphatic carbocycles. The van der Waals surface area contributed by atoms with Gasteiger partial charge in [0.15, 0.2) is 0 Å². The van der Waals surface area contributed by atoms with Crippen LogP contribution in [0.25, 0.3) is 10.9 Å². The summed E-state index contributed by atoms with van der Waals surface area (Å²) in [5.74, 6) is 1.73. The highest BCUT2D eigenvalue weighted by Gasteiger charge is 2.30. The summed E-state index contributed by atoms with van der Waals surface area (Å²) in [6.07, 6.45) is 1.46. The first kappa shape index (κ1) is 16.3. The monoisotopic (exact) mass is 330 g/mol. The second kappa shape index (κ2) is 6.49. The van der Waals surface area contributed by atoms with Crippen LogP contribution in [0.3, 0.4) is 0 Å². The van der Waals surface area contributed by atoms with Gasteiger partial charge < -0.3 is 10.4 Å². The van der Waals surface area contributed by atoms with Crippen molar-refractivity contribution in [3.63, 3.8) is 0 Å². The van der Waals surface area contributed by atoms with Gasteiger partial charge in [-0.2, -0.15) is 11.8 Å². The Morgan fingerprint density at radius 3 is 2.78 bits per heavy atom. The van der Waals surface area contributed by atoms with Crippen LogP contribution in [0.4, 0.5) is 0 Å². The molecule has 1 aliphatic rings. The van der Waals surface area contributed by atoms with Gasteiger partial charge in [0.1, 0.15) is 0 Å². The van der Waals surface area contributed by atoms with Crippen molar-refractivity contribution in [1.82, 2.24) is 10.3 Å². The second-order valence-corrected chi connectivity index (χ2v) is 7.56. The molecule has 1 aromatic heterocycles. The van der Waals surface area contributed by atoms with Crippen molar-refractivity contribution in [2.24, 2.45) is 0 Å². The lowest BCUT2D eigenvalue weighted by Crippen LogP contribution is -2.45. The van der Waals surface area contributed by atoms with E-state index >= 15 is 0 Å². The normalized spacial score (nSPS) is 17.2. The van der Waals surface area contributed by atoms with Gasteiger partial charge in [0.25, 0.3) is 5.91 Å². The zero-order valence-corrected chi connectivity index (χ0v) is 14.4. The van der Waals surface area contributed by atoms with Crippen molar-refractivity contribution in [1.29, 1.82) is 0 Å². The van der Waals surface area contributed by atoms with Crippen LogP contribution in [0.1, 0.15) is 34.5 Å². The number of benzene rings is 1. The first-order chi connectivity index (χ1) is 11.0. The van der Waals surface area contributed by atoms with E-state index in [0.717, 1.165) is 40.8 Å². The number of aliphatic hydroxyl groups is 1. The molecule has 23 heavy (non-hydrogen) atoms. The lowest BCUT2D eigenvalue weighted by atomic mass is 9.96. The second-order valence-electron chi connectivity index (χ2n) is 6.34. The minimum Gasteiger partial charge on any atom is -0.388 e. The Hall–Kier alpha value is -1.59. The van der Waals surface area contributed by atoms with Gasteiger partial charge in [0.05, 0.1) is 22.4 Å². The molecule has 0 unspecified atom stereocenters. The minimum absolute atomic E-state index is 0.162. The minimum atomic E-state index is -0.768. The molecule has 122 valence electrons. The Labute approximate surface area is 140 Å². The highest BCUT2D eigenvalue weighted by atomic mass is 32.2. The number of hydrogen-bond donors (Lipinski definition) is 2. The summed E-state index contributed by atoms with van der Waals surface area (Å²) in [5, 5.41) is 14.4. The van der Waals surface area contributed by atoms with Crippen molar-refractivity contribution in [3.8, 4) is 0 Å². The van der Waals surface area contributed by atoms with Crippen LogP contribution in [-0.4, -0.2) is 39.6 Å². The zero-order chi connectivity index (χ0) is 16.4. The number of thioether (sulfide) groups is 1. The zero-order valence-electron chi connectivity index (χ0n) is 13.6. The summed E-state index contributed by atoms with van der Waals surface area (Å²) in [5.41, 5.74) is 2.56. The van der Waals surface area contributed by atoms with Crippen molar-refractivity contribution in [2.75, 3.05) is 18.1 Å². The number of amides is 1. The molecule has 2 N–H and O–H groups in total. The van der Waals surface area contributed by atoms with Gasteiger partial charge in [-0.15, -0.1) is 0 Å². The number of aryl methyl sites for hydroxylation is 2. The van der Waals surface area contributed by atoms with Crippen LogP contribution in [0, 0.1) is 13.8 Å². The number of rotatable bonds is 3. The molecule has 1 amide bonds. The third-order valence-corrected chi connectivity index (χ3v) is 5.39.